The fraction of sp³-hybridized carbons (Fsp3) is 0.286. The molecular formula is C28H30FN5O3. The number of aromatic nitrogens is 3. The van der Waals surface area contributed by atoms with E-state index >= 15 is 0 Å². The predicted molar refractivity (Wildman–Crippen MR) is 140 cm³/mol. The molecule has 4 rings (SSSR count). The van der Waals surface area contributed by atoms with Gasteiger partial charge in [-0.3, -0.25) is 14.5 Å². The largest absolute Gasteiger partial charge is 0.497 e. The lowest BCUT2D eigenvalue weighted by molar-refractivity contribution is -0.128. The number of para-hydroxylation sites is 1. The van der Waals surface area contributed by atoms with E-state index in [9.17, 15) is 14.0 Å². The average molecular weight is 504 g/mol. The summed E-state index contributed by atoms with van der Waals surface area (Å²) in [4.78, 5) is 29.2. The number of amides is 2. The zero-order valence-electron chi connectivity index (χ0n) is 21.3. The van der Waals surface area contributed by atoms with Crippen molar-refractivity contribution >= 4 is 28.5 Å². The first-order valence-corrected chi connectivity index (χ1v) is 12.0. The van der Waals surface area contributed by atoms with Crippen LogP contribution in [0.4, 0.5) is 10.1 Å². The molecule has 0 bridgehead atoms. The van der Waals surface area contributed by atoms with Crippen LogP contribution in [0.3, 0.4) is 0 Å². The van der Waals surface area contributed by atoms with E-state index in [0.717, 1.165) is 0 Å². The third kappa shape index (κ3) is 5.77. The molecule has 4 aromatic rings. The van der Waals surface area contributed by atoms with Crippen LogP contribution in [0.1, 0.15) is 38.8 Å². The highest BCUT2D eigenvalue weighted by Gasteiger charge is 2.35. The number of carbonyl (C=O) groups excluding carboxylic acids is 2. The van der Waals surface area contributed by atoms with E-state index in [-0.39, 0.29) is 12.5 Å². The number of nitrogens with zero attached hydrogens (tertiary/aromatic N) is 4. The van der Waals surface area contributed by atoms with Gasteiger partial charge in [0.2, 0.25) is 11.8 Å². The van der Waals surface area contributed by atoms with Crippen molar-refractivity contribution in [3.05, 3.63) is 84.2 Å². The van der Waals surface area contributed by atoms with E-state index in [2.05, 4.69) is 15.6 Å². The lowest BCUT2D eigenvalue weighted by atomic mass is 9.98. The summed E-state index contributed by atoms with van der Waals surface area (Å²) in [5.74, 6) is -0.604. The van der Waals surface area contributed by atoms with E-state index in [4.69, 9.17) is 4.74 Å². The Hall–Kier alpha value is -4.27. The van der Waals surface area contributed by atoms with Crippen LogP contribution >= 0.6 is 0 Å². The molecule has 0 saturated carbocycles. The van der Waals surface area contributed by atoms with E-state index in [1.165, 1.54) is 33.8 Å². The lowest BCUT2D eigenvalue weighted by Crippen LogP contribution is -2.51. The molecule has 37 heavy (non-hydrogen) atoms. The number of hydrogen-bond donors (Lipinski definition) is 1. The Morgan fingerprint density at radius 3 is 2.38 bits per heavy atom. The van der Waals surface area contributed by atoms with Crippen molar-refractivity contribution < 1.29 is 18.7 Å². The molecule has 1 heterocycles. The number of ether oxygens (including phenoxy) is 1. The summed E-state index contributed by atoms with van der Waals surface area (Å²) in [7, 11) is 1.56. The Labute approximate surface area is 215 Å². The minimum absolute atomic E-state index is 0.172. The van der Waals surface area contributed by atoms with Crippen molar-refractivity contribution in [3.63, 3.8) is 0 Å². The number of fused-ring (bicyclic) bond motifs is 1. The summed E-state index contributed by atoms with van der Waals surface area (Å²) in [5, 5.41) is 11.3. The average Bonchev–Trinajstić information content (AvgIpc) is 3.30. The standard InChI is InChI=1S/C28H30FN5O3/c1-5-28(2,3)30-27(36)26(19-10-16-22(37-4)17-11-19)34(21-14-12-20(29)13-15-21)25(35)18-33-24-9-7-6-8-23(24)31-32-33/h6-17,26H,5,18H2,1-4H3,(H,30,36)/t26-/m1/s1. The Bertz CT molecular complexity index is 1380. The van der Waals surface area contributed by atoms with Crippen LogP contribution in [0.5, 0.6) is 5.75 Å². The Morgan fingerprint density at radius 1 is 1.05 bits per heavy atom. The van der Waals surface area contributed by atoms with Gasteiger partial charge in [0.15, 0.2) is 0 Å². The Morgan fingerprint density at radius 2 is 1.73 bits per heavy atom. The second-order valence-corrected chi connectivity index (χ2v) is 9.38. The van der Waals surface area contributed by atoms with Crippen LogP contribution in [-0.2, 0) is 16.1 Å². The Balaban J connectivity index is 1.81. The van der Waals surface area contributed by atoms with Crippen molar-refractivity contribution in [3.8, 4) is 5.75 Å². The number of rotatable bonds is 9. The van der Waals surface area contributed by atoms with Gasteiger partial charge in [-0.1, -0.05) is 36.4 Å². The van der Waals surface area contributed by atoms with Gasteiger partial charge in [-0.15, -0.1) is 5.10 Å². The molecule has 0 aliphatic heterocycles. The van der Waals surface area contributed by atoms with Crippen molar-refractivity contribution in [1.82, 2.24) is 20.3 Å². The normalized spacial score (nSPS) is 12.2. The topological polar surface area (TPSA) is 89.4 Å². The number of benzene rings is 3. The van der Waals surface area contributed by atoms with E-state index in [1.807, 2.05) is 45.0 Å². The van der Waals surface area contributed by atoms with Gasteiger partial charge in [-0.05, 0) is 74.4 Å². The minimum Gasteiger partial charge on any atom is -0.497 e. The molecule has 0 aliphatic rings. The highest BCUT2D eigenvalue weighted by molar-refractivity contribution is 6.01. The van der Waals surface area contributed by atoms with Gasteiger partial charge < -0.3 is 10.1 Å². The molecule has 192 valence electrons. The number of carbonyl (C=O) groups is 2. The first-order chi connectivity index (χ1) is 17.7. The summed E-state index contributed by atoms with van der Waals surface area (Å²) in [6.07, 6.45) is 0.684. The third-order valence-corrected chi connectivity index (χ3v) is 6.36. The SMILES string of the molecule is CCC(C)(C)NC(=O)[C@@H](c1ccc(OC)cc1)N(C(=O)Cn1nnc2ccccc21)c1ccc(F)cc1. The van der Waals surface area contributed by atoms with Crippen LogP contribution in [0.25, 0.3) is 11.0 Å². The maximum Gasteiger partial charge on any atom is 0.249 e. The zero-order chi connectivity index (χ0) is 26.6. The number of halogens is 1. The lowest BCUT2D eigenvalue weighted by Gasteiger charge is -2.34. The second-order valence-electron chi connectivity index (χ2n) is 9.38. The predicted octanol–water partition coefficient (Wildman–Crippen LogP) is 4.66. The van der Waals surface area contributed by atoms with Gasteiger partial charge in [0.25, 0.3) is 0 Å². The molecular weight excluding hydrogens is 473 g/mol. The van der Waals surface area contributed by atoms with Gasteiger partial charge in [-0.2, -0.15) is 0 Å². The number of nitrogens with one attached hydrogen (secondary N) is 1. The molecule has 1 aromatic heterocycles. The van der Waals surface area contributed by atoms with E-state index < -0.39 is 23.3 Å². The van der Waals surface area contributed by atoms with Crippen molar-refractivity contribution in [1.29, 1.82) is 0 Å². The molecule has 0 spiro atoms. The van der Waals surface area contributed by atoms with Gasteiger partial charge in [0.05, 0.1) is 12.6 Å². The van der Waals surface area contributed by atoms with Gasteiger partial charge in [0, 0.05) is 11.2 Å². The summed E-state index contributed by atoms with van der Waals surface area (Å²) in [6, 6.07) is 18.7. The summed E-state index contributed by atoms with van der Waals surface area (Å²) < 4.78 is 20.6. The fourth-order valence-corrected chi connectivity index (χ4v) is 3.97. The molecule has 1 atom stereocenters. The molecule has 9 heteroatoms. The first kappa shape index (κ1) is 25.8. The minimum atomic E-state index is -1.04. The maximum atomic E-state index is 14.0. The van der Waals surface area contributed by atoms with E-state index in [1.54, 1.807) is 31.4 Å². The second kappa shape index (κ2) is 10.8. The molecule has 0 unspecified atom stereocenters. The molecule has 0 saturated heterocycles. The summed E-state index contributed by atoms with van der Waals surface area (Å²) in [6.45, 7) is 5.64. The van der Waals surface area contributed by atoms with Crippen LogP contribution in [0, 0.1) is 5.82 Å². The van der Waals surface area contributed by atoms with Crippen LogP contribution < -0.4 is 15.0 Å². The molecule has 1 N–H and O–H groups in total. The van der Waals surface area contributed by atoms with Crippen LogP contribution in [0.15, 0.2) is 72.8 Å². The summed E-state index contributed by atoms with van der Waals surface area (Å²) in [5.41, 5.74) is 1.78. The smallest absolute Gasteiger partial charge is 0.249 e. The molecule has 0 fully saturated rings. The molecule has 3 aromatic carbocycles. The number of hydrogen-bond acceptors (Lipinski definition) is 5. The quantitative estimate of drug-likeness (QED) is 0.359. The highest BCUT2D eigenvalue weighted by atomic mass is 19.1. The van der Waals surface area contributed by atoms with E-state index in [0.29, 0.717) is 34.5 Å². The zero-order valence-corrected chi connectivity index (χ0v) is 21.3. The molecule has 2 amide bonds. The number of methoxy groups -OCH3 is 1. The third-order valence-electron chi connectivity index (χ3n) is 6.36. The monoisotopic (exact) mass is 503 g/mol. The van der Waals surface area contributed by atoms with Gasteiger partial charge in [-0.25, -0.2) is 9.07 Å². The maximum absolute atomic E-state index is 14.0. The molecule has 0 aliphatic carbocycles. The number of anilines is 1. The van der Waals surface area contributed by atoms with Crippen LogP contribution in [0.2, 0.25) is 0 Å². The fourth-order valence-electron chi connectivity index (χ4n) is 3.97. The summed E-state index contributed by atoms with van der Waals surface area (Å²) >= 11 is 0. The molecule has 8 nitrogen and oxygen atoms in total. The Kier molecular flexibility index (Phi) is 7.52. The first-order valence-electron chi connectivity index (χ1n) is 12.0. The highest BCUT2D eigenvalue weighted by Crippen LogP contribution is 2.31. The van der Waals surface area contributed by atoms with Crippen molar-refractivity contribution in [2.45, 2.75) is 45.3 Å². The molecule has 0 radical (unpaired) electrons. The van der Waals surface area contributed by atoms with Gasteiger partial charge in [0.1, 0.15) is 29.7 Å². The van der Waals surface area contributed by atoms with Crippen molar-refractivity contribution in [2.75, 3.05) is 12.0 Å². The van der Waals surface area contributed by atoms with Crippen molar-refractivity contribution in [2.24, 2.45) is 0 Å². The van der Waals surface area contributed by atoms with Gasteiger partial charge >= 0.3 is 0 Å². The van der Waals surface area contributed by atoms with Crippen LogP contribution in [-0.4, -0.2) is 39.5 Å².